The van der Waals surface area contributed by atoms with Crippen molar-refractivity contribution < 1.29 is 13.2 Å². The van der Waals surface area contributed by atoms with Crippen LogP contribution in [0.5, 0.6) is 0 Å². The highest BCUT2D eigenvalue weighted by atomic mass is 79.9. The molecule has 0 fully saturated rings. The van der Waals surface area contributed by atoms with Gasteiger partial charge in [0, 0.05) is 24.3 Å². The Morgan fingerprint density at radius 3 is 2.54 bits per heavy atom. The Morgan fingerprint density at radius 1 is 1.21 bits per heavy atom. The summed E-state index contributed by atoms with van der Waals surface area (Å²) in [5, 5.41) is 11.5. The molecule has 0 radical (unpaired) electrons. The largest absolute Gasteiger partial charge is 0.322 e. The Kier molecular flexibility index (Phi) is 5.39. The minimum atomic E-state index is -3.64. The van der Waals surface area contributed by atoms with Crippen LogP contribution in [0, 0.1) is 11.3 Å². The molecule has 0 aliphatic carbocycles. The first-order chi connectivity index (χ1) is 11.3. The van der Waals surface area contributed by atoms with E-state index in [1.54, 1.807) is 18.2 Å². The first kappa shape index (κ1) is 18.1. The van der Waals surface area contributed by atoms with Gasteiger partial charge in [-0.3, -0.25) is 4.79 Å². The topological polar surface area (TPSA) is 90.3 Å². The Bertz CT molecular complexity index is 934. The second-order valence-corrected chi connectivity index (χ2v) is 8.08. The molecule has 0 spiro atoms. The van der Waals surface area contributed by atoms with Crippen LogP contribution in [0.2, 0.25) is 0 Å². The highest BCUT2D eigenvalue weighted by molar-refractivity contribution is 9.10. The van der Waals surface area contributed by atoms with Crippen molar-refractivity contribution in [3.8, 4) is 6.07 Å². The van der Waals surface area contributed by atoms with Gasteiger partial charge in [-0.1, -0.05) is 6.07 Å². The minimum absolute atomic E-state index is 0.0200. The molecule has 2 rings (SSSR count). The van der Waals surface area contributed by atoms with E-state index in [2.05, 4.69) is 21.2 Å². The van der Waals surface area contributed by atoms with Crippen molar-refractivity contribution in [3.63, 3.8) is 0 Å². The maximum Gasteiger partial charge on any atom is 0.256 e. The van der Waals surface area contributed by atoms with Gasteiger partial charge in [0.2, 0.25) is 10.0 Å². The Balaban J connectivity index is 2.37. The fourth-order valence-electron chi connectivity index (χ4n) is 1.91. The third kappa shape index (κ3) is 3.82. The summed E-state index contributed by atoms with van der Waals surface area (Å²) in [6, 6.07) is 12.7. The minimum Gasteiger partial charge on any atom is -0.322 e. The van der Waals surface area contributed by atoms with Gasteiger partial charge < -0.3 is 5.32 Å². The van der Waals surface area contributed by atoms with Crippen LogP contribution >= 0.6 is 15.9 Å². The smallest absolute Gasteiger partial charge is 0.256 e. The molecule has 2 aromatic carbocycles. The van der Waals surface area contributed by atoms with Crippen LogP contribution < -0.4 is 5.32 Å². The molecule has 0 unspecified atom stereocenters. The molecule has 0 aliphatic heterocycles. The van der Waals surface area contributed by atoms with Crippen molar-refractivity contribution in [2.24, 2.45) is 0 Å². The normalized spacial score (nSPS) is 11.1. The van der Waals surface area contributed by atoms with Crippen LogP contribution in [0.3, 0.4) is 0 Å². The van der Waals surface area contributed by atoms with Gasteiger partial charge in [-0.2, -0.15) is 5.26 Å². The molecular weight excluding hydrogens is 394 g/mol. The number of carbonyl (C=O) groups is 1. The third-order valence-electron chi connectivity index (χ3n) is 3.21. The van der Waals surface area contributed by atoms with E-state index in [4.69, 9.17) is 5.26 Å². The van der Waals surface area contributed by atoms with E-state index in [0.717, 1.165) is 4.31 Å². The summed E-state index contributed by atoms with van der Waals surface area (Å²) in [6.07, 6.45) is 0. The molecule has 0 atom stereocenters. The lowest BCUT2D eigenvalue weighted by Gasteiger charge is -2.13. The number of nitriles is 1. The second-order valence-electron chi connectivity index (χ2n) is 5.08. The van der Waals surface area contributed by atoms with Crippen LogP contribution in [0.1, 0.15) is 15.9 Å². The molecule has 124 valence electrons. The summed E-state index contributed by atoms with van der Waals surface area (Å²) in [6.45, 7) is 0. The summed E-state index contributed by atoms with van der Waals surface area (Å²) in [5.41, 5.74) is 1.04. The highest BCUT2D eigenvalue weighted by Gasteiger charge is 2.20. The van der Waals surface area contributed by atoms with Gasteiger partial charge in [0.25, 0.3) is 5.91 Å². The number of hydrogen-bond donors (Lipinski definition) is 1. The van der Waals surface area contributed by atoms with Gasteiger partial charge >= 0.3 is 0 Å². The molecule has 8 heteroatoms. The van der Waals surface area contributed by atoms with Gasteiger partial charge in [0.15, 0.2) is 0 Å². The maximum atomic E-state index is 12.5. The van der Waals surface area contributed by atoms with Crippen LogP contribution in [0.15, 0.2) is 51.8 Å². The summed E-state index contributed by atoms with van der Waals surface area (Å²) < 4.78 is 26.0. The first-order valence-electron chi connectivity index (χ1n) is 6.79. The molecule has 0 heterocycles. The van der Waals surface area contributed by atoms with Gasteiger partial charge in [-0.15, -0.1) is 0 Å². The van der Waals surface area contributed by atoms with E-state index in [1.807, 2.05) is 6.07 Å². The van der Waals surface area contributed by atoms with Crippen LogP contribution in [-0.4, -0.2) is 32.7 Å². The summed E-state index contributed by atoms with van der Waals surface area (Å²) in [4.78, 5) is 12.5. The molecule has 0 aliphatic rings. The van der Waals surface area contributed by atoms with Crippen LogP contribution in [0.4, 0.5) is 5.69 Å². The van der Waals surface area contributed by atoms with E-state index >= 15 is 0 Å². The Morgan fingerprint density at radius 2 is 1.92 bits per heavy atom. The van der Waals surface area contributed by atoms with Gasteiger partial charge in [-0.05, 0) is 52.3 Å². The zero-order valence-electron chi connectivity index (χ0n) is 12.9. The van der Waals surface area contributed by atoms with Crippen molar-refractivity contribution in [2.75, 3.05) is 19.4 Å². The number of benzene rings is 2. The molecule has 1 amide bonds. The fourth-order valence-corrected chi connectivity index (χ4v) is 3.27. The van der Waals surface area contributed by atoms with Crippen molar-refractivity contribution >= 4 is 37.5 Å². The van der Waals surface area contributed by atoms with Gasteiger partial charge in [-0.25, -0.2) is 12.7 Å². The second kappa shape index (κ2) is 7.13. The molecular formula is C16H14BrN3O3S. The number of sulfonamides is 1. The molecule has 1 N–H and O–H groups in total. The van der Waals surface area contributed by atoms with E-state index in [0.29, 0.717) is 15.7 Å². The summed E-state index contributed by atoms with van der Waals surface area (Å²) >= 11 is 3.25. The zero-order chi connectivity index (χ0) is 17.9. The molecule has 0 bridgehead atoms. The predicted molar refractivity (Wildman–Crippen MR) is 94.1 cm³/mol. The fraction of sp³-hybridized carbons (Fsp3) is 0.125. The first-order valence-corrected chi connectivity index (χ1v) is 9.02. The lowest BCUT2D eigenvalue weighted by Crippen LogP contribution is -2.23. The molecule has 0 saturated carbocycles. The lowest BCUT2D eigenvalue weighted by molar-refractivity contribution is 0.102. The standard InChI is InChI=1S/C16H14BrN3O3S/c1-20(2)24(22,23)13-6-7-15(17)14(9-13)16(21)19-12-5-3-4-11(8-12)10-18/h3-9H,1-2H3,(H,19,21). The Labute approximate surface area is 148 Å². The number of halogens is 1. The summed E-state index contributed by atoms with van der Waals surface area (Å²) in [5.74, 6) is -0.479. The van der Waals surface area contributed by atoms with Gasteiger partial charge in [0.1, 0.15) is 0 Å². The van der Waals surface area contributed by atoms with E-state index in [9.17, 15) is 13.2 Å². The zero-order valence-corrected chi connectivity index (χ0v) is 15.3. The SMILES string of the molecule is CN(C)S(=O)(=O)c1ccc(Br)c(C(=O)Nc2cccc(C#N)c2)c1. The quantitative estimate of drug-likeness (QED) is 0.843. The number of amides is 1. The predicted octanol–water partition coefficient (Wildman–Crippen LogP) is 2.82. The monoisotopic (exact) mass is 407 g/mol. The van der Waals surface area contributed by atoms with Crippen molar-refractivity contribution in [2.45, 2.75) is 4.90 Å². The number of rotatable bonds is 4. The number of nitrogens with zero attached hydrogens (tertiary/aromatic N) is 2. The van der Waals surface area contributed by atoms with Crippen LogP contribution in [0.25, 0.3) is 0 Å². The van der Waals surface area contributed by atoms with E-state index in [1.165, 1.54) is 38.4 Å². The molecule has 0 aromatic heterocycles. The van der Waals surface area contributed by atoms with E-state index in [-0.39, 0.29) is 10.5 Å². The highest BCUT2D eigenvalue weighted by Crippen LogP contribution is 2.23. The molecule has 24 heavy (non-hydrogen) atoms. The lowest BCUT2D eigenvalue weighted by atomic mass is 10.2. The maximum absolute atomic E-state index is 12.5. The number of hydrogen-bond acceptors (Lipinski definition) is 4. The van der Waals surface area contributed by atoms with Gasteiger partial charge in [0.05, 0.1) is 22.1 Å². The number of nitrogens with one attached hydrogen (secondary N) is 1. The van der Waals surface area contributed by atoms with Crippen LogP contribution in [-0.2, 0) is 10.0 Å². The third-order valence-corrected chi connectivity index (χ3v) is 5.71. The molecule has 0 saturated heterocycles. The average molecular weight is 408 g/mol. The Hall–Kier alpha value is -2.21. The molecule has 2 aromatic rings. The summed E-state index contributed by atoms with van der Waals surface area (Å²) in [7, 11) is -0.801. The number of anilines is 1. The van der Waals surface area contributed by atoms with Crippen molar-refractivity contribution in [3.05, 3.63) is 58.1 Å². The van der Waals surface area contributed by atoms with Crippen molar-refractivity contribution in [1.82, 2.24) is 4.31 Å². The average Bonchev–Trinajstić information content (AvgIpc) is 2.54. The number of carbonyl (C=O) groups excluding carboxylic acids is 1. The van der Waals surface area contributed by atoms with E-state index < -0.39 is 15.9 Å². The molecule has 6 nitrogen and oxygen atoms in total. The van der Waals surface area contributed by atoms with Crippen molar-refractivity contribution in [1.29, 1.82) is 5.26 Å².